The SMILES string of the molecule is CC(C)(O)C(F)CNC(=O)c1cnc(Nc2ccc3ncsc3c2)cc1NC12CCC(NC(=O)c3ccccn3)(CC1)C2. The molecule has 1 aromatic carbocycles. The lowest BCUT2D eigenvalue weighted by Crippen LogP contribution is -2.45. The largest absolute Gasteiger partial charge is 0.387 e. The molecule has 3 aromatic heterocycles. The summed E-state index contributed by atoms with van der Waals surface area (Å²) in [4.78, 5) is 39.3. The molecular weight excluding hydrogens is 569 g/mol. The number of halogens is 1. The van der Waals surface area contributed by atoms with Gasteiger partial charge in [-0.25, -0.2) is 14.4 Å². The zero-order valence-electron chi connectivity index (χ0n) is 24.0. The van der Waals surface area contributed by atoms with Crippen LogP contribution in [-0.4, -0.2) is 61.3 Å². The number of carbonyl (C=O) groups is 2. The summed E-state index contributed by atoms with van der Waals surface area (Å²) in [6.45, 7) is 2.38. The number of aromatic nitrogens is 3. The molecule has 5 N–H and O–H groups in total. The molecule has 2 fully saturated rings. The lowest BCUT2D eigenvalue weighted by molar-refractivity contribution is -0.00178. The Hall–Kier alpha value is -4.16. The van der Waals surface area contributed by atoms with Gasteiger partial charge in [-0.1, -0.05) is 6.07 Å². The third-order valence-corrected chi connectivity index (χ3v) is 9.27. The summed E-state index contributed by atoms with van der Waals surface area (Å²) in [6.07, 6.45) is 5.31. The zero-order chi connectivity index (χ0) is 30.2. The molecule has 2 aliphatic rings. The van der Waals surface area contributed by atoms with Crippen LogP contribution in [0, 0.1) is 0 Å². The van der Waals surface area contributed by atoms with E-state index < -0.39 is 17.7 Å². The summed E-state index contributed by atoms with van der Waals surface area (Å²) in [5.41, 5.74) is 2.44. The highest BCUT2D eigenvalue weighted by atomic mass is 32.1. The van der Waals surface area contributed by atoms with Gasteiger partial charge in [0.15, 0.2) is 0 Å². The fourth-order valence-corrected chi connectivity index (χ4v) is 6.77. The number of fused-ring (bicyclic) bond motifs is 3. The monoisotopic (exact) mass is 603 g/mol. The summed E-state index contributed by atoms with van der Waals surface area (Å²) in [7, 11) is 0. The van der Waals surface area contributed by atoms with Gasteiger partial charge in [0, 0.05) is 35.2 Å². The zero-order valence-corrected chi connectivity index (χ0v) is 24.8. The molecule has 2 saturated carbocycles. The predicted octanol–water partition coefficient (Wildman–Crippen LogP) is 4.97. The summed E-state index contributed by atoms with van der Waals surface area (Å²) < 4.78 is 15.5. The molecule has 224 valence electrons. The molecular formula is C31H34FN7O3S. The molecule has 2 bridgehead atoms. The van der Waals surface area contributed by atoms with Crippen LogP contribution in [0.3, 0.4) is 0 Å². The molecule has 1 atom stereocenters. The lowest BCUT2D eigenvalue weighted by Gasteiger charge is -2.30. The highest BCUT2D eigenvalue weighted by molar-refractivity contribution is 7.16. The van der Waals surface area contributed by atoms with Crippen molar-refractivity contribution in [1.82, 2.24) is 25.6 Å². The molecule has 12 heteroatoms. The van der Waals surface area contributed by atoms with E-state index in [0.717, 1.165) is 41.6 Å². The number of aliphatic hydroxyl groups is 1. The maximum Gasteiger partial charge on any atom is 0.270 e. The topological polar surface area (TPSA) is 141 Å². The average Bonchev–Trinajstić information content (AvgIpc) is 3.69. The van der Waals surface area contributed by atoms with Gasteiger partial charge >= 0.3 is 0 Å². The second-order valence-corrected chi connectivity index (χ2v) is 13.0. The van der Waals surface area contributed by atoms with Gasteiger partial charge in [0.25, 0.3) is 11.8 Å². The van der Waals surface area contributed by atoms with E-state index in [-0.39, 0.29) is 29.1 Å². The molecule has 0 aliphatic heterocycles. The summed E-state index contributed by atoms with van der Waals surface area (Å²) in [5, 5.41) is 22.8. The standard InChI is InChI=1S/C31H34FN7O3S/c1-29(2,42)25(32)16-35-27(40)20-15-34-26(37-19-6-7-21-24(13-19)43-18-36-21)14-23(20)38-30-8-10-31(17-30,11-9-30)39-28(41)22-5-3-4-12-33-22/h3-7,12-15,18,25,42H,8-11,16-17H2,1-2H3,(H,35,40)(H,39,41)(H2,34,37,38). The van der Waals surface area contributed by atoms with E-state index in [1.807, 2.05) is 18.2 Å². The number of carbonyl (C=O) groups excluding carboxylic acids is 2. The van der Waals surface area contributed by atoms with Gasteiger partial charge < -0.3 is 26.4 Å². The van der Waals surface area contributed by atoms with Gasteiger partial charge in [0.1, 0.15) is 17.7 Å². The summed E-state index contributed by atoms with van der Waals surface area (Å²) >= 11 is 1.54. The van der Waals surface area contributed by atoms with Crippen molar-refractivity contribution in [2.45, 2.75) is 68.8 Å². The van der Waals surface area contributed by atoms with Gasteiger partial charge in [-0.05, 0) is 76.3 Å². The second kappa shape index (κ2) is 11.2. The number of benzene rings is 1. The molecule has 2 aliphatic carbocycles. The Labute approximate surface area is 252 Å². The van der Waals surface area contributed by atoms with E-state index >= 15 is 0 Å². The third-order valence-electron chi connectivity index (χ3n) is 8.48. The Morgan fingerprint density at radius 1 is 1.05 bits per heavy atom. The lowest BCUT2D eigenvalue weighted by atomic mass is 9.90. The van der Waals surface area contributed by atoms with E-state index in [1.165, 1.54) is 20.0 Å². The third kappa shape index (κ3) is 6.16. The van der Waals surface area contributed by atoms with Crippen LogP contribution in [0.5, 0.6) is 0 Å². The minimum absolute atomic E-state index is 0.195. The van der Waals surface area contributed by atoms with Gasteiger partial charge in [0.05, 0.1) is 39.1 Å². The van der Waals surface area contributed by atoms with Gasteiger partial charge in [-0.15, -0.1) is 11.3 Å². The van der Waals surface area contributed by atoms with Crippen LogP contribution in [0.4, 0.5) is 21.6 Å². The highest BCUT2D eigenvalue weighted by Crippen LogP contribution is 2.52. The molecule has 2 amide bonds. The van der Waals surface area contributed by atoms with Crippen LogP contribution in [0.25, 0.3) is 10.2 Å². The Kier molecular flexibility index (Phi) is 7.51. The number of anilines is 3. The van der Waals surface area contributed by atoms with E-state index in [9.17, 15) is 19.1 Å². The molecule has 0 spiro atoms. The molecule has 4 aromatic rings. The van der Waals surface area contributed by atoms with Gasteiger partial charge in [-0.3, -0.25) is 14.6 Å². The number of hydrogen-bond acceptors (Lipinski definition) is 9. The van der Waals surface area contributed by atoms with E-state index in [1.54, 1.807) is 47.3 Å². The number of nitrogens with one attached hydrogen (secondary N) is 4. The normalized spacial score (nSPS) is 21.9. The molecule has 43 heavy (non-hydrogen) atoms. The number of hydrogen-bond donors (Lipinski definition) is 5. The fourth-order valence-electron chi connectivity index (χ4n) is 6.05. The molecule has 3 heterocycles. The number of thiazole rings is 1. The van der Waals surface area contributed by atoms with Crippen molar-refractivity contribution in [2.75, 3.05) is 17.2 Å². The van der Waals surface area contributed by atoms with Crippen LogP contribution in [0.2, 0.25) is 0 Å². The van der Waals surface area contributed by atoms with Crippen molar-refractivity contribution in [3.63, 3.8) is 0 Å². The van der Waals surface area contributed by atoms with Crippen molar-refractivity contribution in [3.05, 3.63) is 71.6 Å². The first-order valence-electron chi connectivity index (χ1n) is 14.3. The van der Waals surface area contributed by atoms with E-state index in [0.29, 0.717) is 23.6 Å². The first-order valence-corrected chi connectivity index (χ1v) is 15.2. The number of alkyl halides is 1. The first kappa shape index (κ1) is 28.9. The van der Waals surface area contributed by atoms with E-state index in [2.05, 4.69) is 36.2 Å². The predicted molar refractivity (Wildman–Crippen MR) is 165 cm³/mol. The minimum atomic E-state index is -1.64. The highest BCUT2D eigenvalue weighted by Gasteiger charge is 2.55. The van der Waals surface area contributed by atoms with Crippen LogP contribution >= 0.6 is 11.3 Å². The Bertz CT molecular complexity index is 1650. The fraction of sp³-hybridized carbons (Fsp3) is 0.387. The Morgan fingerprint density at radius 3 is 2.58 bits per heavy atom. The van der Waals surface area contributed by atoms with Crippen LogP contribution in [0.1, 0.15) is 66.8 Å². The molecule has 6 rings (SSSR count). The summed E-state index contributed by atoms with van der Waals surface area (Å²) in [6, 6.07) is 12.9. The maximum atomic E-state index is 14.4. The average molecular weight is 604 g/mol. The molecule has 10 nitrogen and oxygen atoms in total. The minimum Gasteiger partial charge on any atom is -0.387 e. The van der Waals surface area contributed by atoms with Gasteiger partial charge in [0.2, 0.25) is 0 Å². The van der Waals surface area contributed by atoms with Crippen molar-refractivity contribution in [1.29, 1.82) is 0 Å². The molecule has 0 saturated heterocycles. The van der Waals surface area contributed by atoms with Crippen molar-refractivity contribution >= 4 is 50.6 Å². The van der Waals surface area contributed by atoms with E-state index in [4.69, 9.17) is 0 Å². The van der Waals surface area contributed by atoms with Gasteiger partial charge in [-0.2, -0.15) is 0 Å². The second-order valence-electron chi connectivity index (χ2n) is 12.1. The smallest absolute Gasteiger partial charge is 0.270 e. The molecule has 0 radical (unpaired) electrons. The number of pyridine rings is 2. The summed E-state index contributed by atoms with van der Waals surface area (Å²) in [5.74, 6) is -0.161. The maximum absolute atomic E-state index is 14.4. The first-order chi connectivity index (χ1) is 20.5. The molecule has 1 unspecified atom stereocenters. The van der Waals surface area contributed by atoms with Crippen molar-refractivity contribution < 1.29 is 19.1 Å². The van der Waals surface area contributed by atoms with Crippen LogP contribution in [-0.2, 0) is 0 Å². The number of amides is 2. The number of rotatable bonds is 10. The Balaban J connectivity index is 1.24. The van der Waals surface area contributed by atoms with Crippen molar-refractivity contribution in [3.8, 4) is 0 Å². The van der Waals surface area contributed by atoms with Crippen molar-refractivity contribution in [2.24, 2.45) is 0 Å². The Morgan fingerprint density at radius 2 is 1.84 bits per heavy atom. The quantitative estimate of drug-likeness (QED) is 0.171. The van der Waals surface area contributed by atoms with Crippen LogP contribution in [0.15, 0.2) is 60.4 Å². The number of nitrogens with zero attached hydrogens (tertiary/aromatic N) is 3. The van der Waals surface area contributed by atoms with Crippen LogP contribution < -0.4 is 21.3 Å².